The predicted molar refractivity (Wildman–Crippen MR) is 148 cm³/mol. The minimum absolute atomic E-state index is 0.0476. The van der Waals surface area contributed by atoms with Gasteiger partial charge >= 0.3 is 5.97 Å². The predicted octanol–water partition coefficient (Wildman–Crippen LogP) is 5.34. The number of ether oxygens (including phenoxy) is 2. The van der Waals surface area contributed by atoms with Crippen LogP contribution in [0.25, 0.3) is 0 Å². The van der Waals surface area contributed by atoms with Crippen molar-refractivity contribution in [1.82, 2.24) is 0 Å². The molecule has 1 heterocycles. The molecule has 3 aromatic carbocycles. The maximum absolute atomic E-state index is 13.1. The number of benzene rings is 3. The molecular weight excluding hydrogens is 522 g/mol. The highest BCUT2D eigenvalue weighted by molar-refractivity contribution is 6.53. The summed E-state index contributed by atoms with van der Waals surface area (Å²) in [7, 11) is 0. The third kappa shape index (κ3) is 6.27. The summed E-state index contributed by atoms with van der Waals surface area (Å²) in [5, 5.41) is 5.38. The van der Waals surface area contributed by atoms with Crippen molar-refractivity contribution in [2.24, 2.45) is 0 Å². The second-order valence-corrected chi connectivity index (χ2v) is 9.13. The van der Waals surface area contributed by atoms with E-state index in [1.165, 1.54) is 18.2 Å². The molecule has 0 bridgehead atoms. The Morgan fingerprint density at radius 1 is 0.897 bits per heavy atom. The van der Waals surface area contributed by atoms with Gasteiger partial charge in [-0.15, -0.1) is 0 Å². The van der Waals surface area contributed by atoms with Crippen LogP contribution < -0.4 is 20.3 Å². The van der Waals surface area contributed by atoms with Crippen molar-refractivity contribution >= 4 is 52.4 Å². The number of esters is 1. The quantitative estimate of drug-likeness (QED) is 0.274. The fourth-order valence-electron chi connectivity index (χ4n) is 3.77. The van der Waals surface area contributed by atoms with Gasteiger partial charge in [-0.1, -0.05) is 17.7 Å². The average molecular weight is 548 g/mol. The highest BCUT2D eigenvalue weighted by Gasteiger charge is 2.39. The molecule has 4 rings (SSSR count). The summed E-state index contributed by atoms with van der Waals surface area (Å²) in [5.74, 6) is -1.60. The lowest BCUT2D eigenvalue weighted by Gasteiger charge is -2.16. The molecule has 0 aromatic heterocycles. The van der Waals surface area contributed by atoms with Crippen molar-refractivity contribution in [3.63, 3.8) is 0 Å². The zero-order valence-corrected chi connectivity index (χ0v) is 22.2. The van der Waals surface area contributed by atoms with E-state index in [1.807, 2.05) is 13.8 Å². The van der Waals surface area contributed by atoms with Crippen molar-refractivity contribution in [2.45, 2.75) is 26.9 Å². The Kier molecular flexibility index (Phi) is 8.31. The molecule has 3 aromatic rings. The summed E-state index contributed by atoms with van der Waals surface area (Å²) in [6, 6.07) is 19.3. The van der Waals surface area contributed by atoms with Gasteiger partial charge in [0.1, 0.15) is 16.5 Å². The van der Waals surface area contributed by atoms with Crippen LogP contribution in [-0.2, 0) is 14.3 Å². The van der Waals surface area contributed by atoms with E-state index in [9.17, 15) is 19.2 Å². The van der Waals surface area contributed by atoms with Crippen molar-refractivity contribution in [1.29, 1.82) is 0 Å². The molecular formula is C29H26ClN3O6. The van der Waals surface area contributed by atoms with Crippen LogP contribution in [0, 0.1) is 0 Å². The summed E-state index contributed by atoms with van der Waals surface area (Å²) < 4.78 is 10.6. The van der Waals surface area contributed by atoms with Crippen LogP contribution in [0.4, 0.5) is 17.1 Å². The highest BCUT2D eigenvalue weighted by Crippen LogP contribution is 2.31. The average Bonchev–Trinajstić information content (AvgIpc) is 3.13. The van der Waals surface area contributed by atoms with Gasteiger partial charge in [0.05, 0.1) is 24.0 Å². The molecule has 0 fully saturated rings. The summed E-state index contributed by atoms with van der Waals surface area (Å²) in [4.78, 5) is 51.5. The van der Waals surface area contributed by atoms with E-state index in [2.05, 4.69) is 10.6 Å². The van der Waals surface area contributed by atoms with Crippen molar-refractivity contribution in [3.05, 3.63) is 94.7 Å². The molecule has 2 N–H and O–H groups in total. The smallest absolute Gasteiger partial charge is 0.338 e. The zero-order valence-electron chi connectivity index (χ0n) is 21.5. The van der Waals surface area contributed by atoms with Gasteiger partial charge in [0.25, 0.3) is 17.7 Å². The first kappa shape index (κ1) is 27.4. The third-order valence-electron chi connectivity index (χ3n) is 5.54. The van der Waals surface area contributed by atoms with E-state index in [0.717, 1.165) is 4.90 Å². The van der Waals surface area contributed by atoms with E-state index in [-0.39, 0.29) is 40.6 Å². The first-order valence-electron chi connectivity index (χ1n) is 12.2. The summed E-state index contributed by atoms with van der Waals surface area (Å²) in [5.41, 5.74) is 1.69. The number of amides is 3. The van der Waals surface area contributed by atoms with Crippen LogP contribution >= 0.6 is 11.6 Å². The molecule has 39 heavy (non-hydrogen) atoms. The number of imide groups is 1. The topological polar surface area (TPSA) is 114 Å². The zero-order chi connectivity index (χ0) is 28.1. The first-order chi connectivity index (χ1) is 18.7. The Balaban J connectivity index is 1.43. The number of hydrogen-bond acceptors (Lipinski definition) is 7. The van der Waals surface area contributed by atoms with Gasteiger partial charge in [-0.2, -0.15) is 0 Å². The normalized spacial score (nSPS) is 13.1. The Morgan fingerprint density at radius 2 is 1.56 bits per heavy atom. The number of carbonyl (C=O) groups excluding carboxylic acids is 4. The standard InChI is InChI=1S/C29H26ClN3O6/c1-4-38-29(37)19-6-5-7-22(16-19)33-27(35)24(30)25(28(33)36)31-20-10-8-18(9-11-20)26(34)32-21-12-14-23(15-13-21)39-17(2)3/h5-17,31H,4H2,1-3H3,(H,32,34). The second-order valence-electron chi connectivity index (χ2n) is 8.75. The number of nitrogens with one attached hydrogen (secondary N) is 2. The molecule has 0 spiro atoms. The molecule has 0 aliphatic carbocycles. The van der Waals surface area contributed by atoms with Crippen LogP contribution in [0.5, 0.6) is 5.75 Å². The molecule has 0 radical (unpaired) electrons. The van der Waals surface area contributed by atoms with Crippen molar-refractivity contribution < 1.29 is 28.7 Å². The number of carbonyl (C=O) groups is 4. The number of rotatable bonds is 9. The fourth-order valence-corrected chi connectivity index (χ4v) is 3.99. The van der Waals surface area contributed by atoms with Crippen LogP contribution in [0.3, 0.4) is 0 Å². The van der Waals surface area contributed by atoms with Crippen LogP contribution in [0.15, 0.2) is 83.5 Å². The Hall–Kier alpha value is -4.63. The van der Waals surface area contributed by atoms with Crippen molar-refractivity contribution in [3.8, 4) is 5.75 Å². The monoisotopic (exact) mass is 547 g/mol. The van der Waals surface area contributed by atoms with E-state index in [4.69, 9.17) is 21.1 Å². The molecule has 1 aliphatic heterocycles. The molecule has 0 saturated carbocycles. The lowest BCUT2D eigenvalue weighted by atomic mass is 10.1. The lowest BCUT2D eigenvalue weighted by Crippen LogP contribution is -2.32. The largest absolute Gasteiger partial charge is 0.491 e. The maximum Gasteiger partial charge on any atom is 0.338 e. The molecule has 1 aliphatic rings. The molecule has 9 nitrogen and oxygen atoms in total. The minimum atomic E-state index is -0.731. The van der Waals surface area contributed by atoms with Crippen LogP contribution in [0.2, 0.25) is 0 Å². The van der Waals surface area contributed by atoms with Gasteiger partial charge in [0, 0.05) is 16.9 Å². The van der Waals surface area contributed by atoms with Gasteiger partial charge in [-0.05, 0) is 87.5 Å². The van der Waals surface area contributed by atoms with Crippen LogP contribution in [0.1, 0.15) is 41.5 Å². The Morgan fingerprint density at radius 3 is 2.21 bits per heavy atom. The number of halogens is 1. The van der Waals surface area contributed by atoms with Gasteiger partial charge in [-0.3, -0.25) is 14.4 Å². The van der Waals surface area contributed by atoms with Gasteiger partial charge in [0.15, 0.2) is 0 Å². The highest BCUT2D eigenvalue weighted by atomic mass is 35.5. The number of hydrogen-bond donors (Lipinski definition) is 2. The molecule has 10 heteroatoms. The maximum atomic E-state index is 13.1. The van der Waals surface area contributed by atoms with Crippen molar-refractivity contribution in [2.75, 3.05) is 22.1 Å². The lowest BCUT2D eigenvalue weighted by molar-refractivity contribution is -0.120. The van der Waals surface area contributed by atoms with E-state index in [0.29, 0.717) is 22.7 Å². The molecule has 0 unspecified atom stereocenters. The minimum Gasteiger partial charge on any atom is -0.491 e. The molecule has 3 amide bonds. The van der Waals surface area contributed by atoms with E-state index >= 15 is 0 Å². The summed E-state index contributed by atoms with van der Waals surface area (Å²) >= 11 is 6.22. The van der Waals surface area contributed by atoms with Crippen LogP contribution in [-0.4, -0.2) is 36.4 Å². The van der Waals surface area contributed by atoms with E-state index < -0.39 is 17.8 Å². The van der Waals surface area contributed by atoms with Gasteiger partial charge in [-0.25, -0.2) is 9.69 Å². The van der Waals surface area contributed by atoms with Gasteiger partial charge < -0.3 is 20.1 Å². The molecule has 0 saturated heterocycles. The summed E-state index contributed by atoms with van der Waals surface area (Å²) in [6.07, 6.45) is 0.0476. The second kappa shape index (κ2) is 11.8. The Labute approximate surface area is 230 Å². The number of nitrogens with zero attached hydrogens (tertiary/aromatic N) is 1. The number of anilines is 3. The van der Waals surface area contributed by atoms with Gasteiger partial charge in [0.2, 0.25) is 0 Å². The fraction of sp³-hybridized carbons (Fsp3) is 0.172. The summed E-state index contributed by atoms with van der Waals surface area (Å²) in [6.45, 7) is 5.73. The third-order valence-corrected chi connectivity index (χ3v) is 5.89. The SMILES string of the molecule is CCOC(=O)c1cccc(N2C(=O)C(Cl)=C(Nc3ccc(C(=O)Nc4ccc(OC(C)C)cc4)cc3)C2=O)c1. The first-order valence-corrected chi connectivity index (χ1v) is 12.6. The molecule has 0 atom stereocenters. The molecule has 200 valence electrons. The Bertz CT molecular complexity index is 1450. The van der Waals surface area contributed by atoms with E-state index in [1.54, 1.807) is 61.5 Å².